The first-order valence-electron chi connectivity index (χ1n) is 14.8. The summed E-state index contributed by atoms with van der Waals surface area (Å²) < 4.78 is 90.7. The second-order valence-electron chi connectivity index (χ2n) is 11.5. The van der Waals surface area contributed by atoms with E-state index in [1.165, 1.54) is 35.2 Å². The quantitative estimate of drug-likeness (QED) is 0.266. The minimum Gasteiger partial charge on any atom is -0.405 e. The molecular weight excluding hydrogens is 700 g/mol. The van der Waals surface area contributed by atoms with Crippen LogP contribution in [0.15, 0.2) is 46.9 Å². The molecule has 0 saturated carbocycles. The zero-order chi connectivity index (χ0) is 33.5. The molecule has 0 bridgehead atoms. The topological polar surface area (TPSA) is 126 Å². The lowest BCUT2D eigenvalue weighted by Crippen LogP contribution is -2.53. The minimum atomic E-state index is -4.94. The molecule has 2 fully saturated rings. The predicted molar refractivity (Wildman–Crippen MR) is 164 cm³/mol. The van der Waals surface area contributed by atoms with E-state index in [9.17, 15) is 35.6 Å². The second kappa shape index (κ2) is 15.9. The Morgan fingerprint density at radius 2 is 1.85 bits per heavy atom. The second-order valence-corrected chi connectivity index (χ2v) is 14.2. The van der Waals surface area contributed by atoms with E-state index < -0.39 is 58.0 Å². The molecule has 2 aliphatic heterocycles. The summed E-state index contributed by atoms with van der Waals surface area (Å²) in [5, 5.41) is 5.85. The maximum absolute atomic E-state index is 14.4. The Balaban J connectivity index is 1.52. The van der Waals surface area contributed by atoms with Gasteiger partial charge >= 0.3 is 6.36 Å². The highest BCUT2D eigenvalue weighted by molar-refractivity contribution is 9.10. The summed E-state index contributed by atoms with van der Waals surface area (Å²) in [6.45, 7) is 1.08. The van der Waals surface area contributed by atoms with Gasteiger partial charge in [-0.15, -0.1) is 13.2 Å². The van der Waals surface area contributed by atoms with Gasteiger partial charge in [-0.25, -0.2) is 17.5 Å². The average molecular weight is 738 g/mol. The number of amides is 2. The number of nitrogens with one attached hydrogen (secondary N) is 3. The molecule has 2 aromatic rings. The summed E-state index contributed by atoms with van der Waals surface area (Å²) in [6.07, 6.45) is -2.15. The third-order valence-electron chi connectivity index (χ3n) is 7.97. The fraction of sp³-hybridized carbons (Fsp3) is 0.533. The molecule has 2 aliphatic rings. The highest BCUT2D eigenvalue weighted by atomic mass is 79.9. The Kier molecular flexibility index (Phi) is 12.4. The number of benzene rings is 2. The molecule has 0 aromatic heterocycles. The minimum absolute atomic E-state index is 0.00366. The number of piperidine rings is 1. The summed E-state index contributed by atoms with van der Waals surface area (Å²) in [4.78, 5) is 28.7. The van der Waals surface area contributed by atoms with Crippen LogP contribution in [-0.2, 0) is 37.5 Å². The molecule has 46 heavy (non-hydrogen) atoms. The summed E-state index contributed by atoms with van der Waals surface area (Å²) in [7, 11) is -3.82. The number of halogens is 5. The molecule has 0 spiro atoms. The summed E-state index contributed by atoms with van der Waals surface area (Å²) in [5.74, 6) is -1.99. The lowest BCUT2D eigenvalue weighted by molar-refractivity contribution is -0.274. The van der Waals surface area contributed by atoms with Crippen LogP contribution in [0.5, 0.6) is 5.75 Å². The lowest BCUT2D eigenvalue weighted by atomic mass is 9.91. The number of ether oxygens (including phenoxy) is 2. The molecule has 10 nitrogen and oxygen atoms in total. The van der Waals surface area contributed by atoms with Gasteiger partial charge in [-0.2, -0.15) is 0 Å². The number of para-hydroxylation sites is 1. The summed E-state index contributed by atoms with van der Waals surface area (Å²) in [5.41, 5.74) is 0.315. The van der Waals surface area contributed by atoms with Crippen molar-refractivity contribution >= 4 is 37.8 Å². The van der Waals surface area contributed by atoms with Crippen molar-refractivity contribution in [3.63, 3.8) is 0 Å². The Hall–Kier alpha value is -2.79. The number of sulfonamides is 1. The first kappa shape index (κ1) is 36.1. The van der Waals surface area contributed by atoms with Crippen molar-refractivity contribution in [1.82, 2.24) is 20.3 Å². The molecule has 0 radical (unpaired) electrons. The standard InChI is InChI=1S/C30H37BrF4N4O6S/c1-46(42,43)38-25(9-6-19-10-12-36-13-11-19)29(41)39-17-23(44-18-21-7-8-22(31)14-24(21)32)15-26(39)28(40)37-16-20-4-2-3-5-27(20)45-30(33,34)35/h2-5,7-8,14,19,23,25-26,36,38H,6,9-13,15-18H2,1H3,(H,37,40)/t23-,25-,26-/m1/s1. The van der Waals surface area contributed by atoms with Crippen LogP contribution in [0.3, 0.4) is 0 Å². The normalized spacial score (nSPS) is 20.0. The van der Waals surface area contributed by atoms with Crippen molar-refractivity contribution in [2.24, 2.45) is 5.92 Å². The van der Waals surface area contributed by atoms with E-state index in [4.69, 9.17) is 4.74 Å². The van der Waals surface area contributed by atoms with E-state index in [1.807, 2.05) is 0 Å². The van der Waals surface area contributed by atoms with Crippen LogP contribution in [0, 0.1) is 11.7 Å². The molecule has 4 rings (SSSR count). The van der Waals surface area contributed by atoms with Gasteiger partial charge in [0.1, 0.15) is 23.7 Å². The van der Waals surface area contributed by atoms with Gasteiger partial charge < -0.3 is 25.0 Å². The smallest absolute Gasteiger partial charge is 0.405 e. The highest BCUT2D eigenvalue weighted by Crippen LogP contribution is 2.28. The Bertz CT molecular complexity index is 1480. The Labute approximate surface area is 273 Å². The number of carbonyl (C=O) groups is 2. The van der Waals surface area contributed by atoms with Crippen LogP contribution in [-0.4, -0.2) is 75.6 Å². The predicted octanol–water partition coefficient (Wildman–Crippen LogP) is 3.99. The van der Waals surface area contributed by atoms with Crippen LogP contribution in [0.4, 0.5) is 17.6 Å². The molecule has 3 atom stereocenters. The van der Waals surface area contributed by atoms with Crippen molar-refractivity contribution in [3.05, 3.63) is 63.9 Å². The van der Waals surface area contributed by atoms with Crippen molar-refractivity contribution in [2.45, 2.75) is 69.8 Å². The van der Waals surface area contributed by atoms with Gasteiger partial charge in [0.2, 0.25) is 21.8 Å². The monoisotopic (exact) mass is 736 g/mol. The van der Waals surface area contributed by atoms with Crippen LogP contribution < -0.4 is 20.1 Å². The molecule has 0 unspecified atom stereocenters. The molecule has 2 heterocycles. The number of carbonyl (C=O) groups excluding carboxylic acids is 2. The lowest BCUT2D eigenvalue weighted by Gasteiger charge is -2.30. The van der Waals surface area contributed by atoms with E-state index in [1.54, 1.807) is 6.07 Å². The number of alkyl halides is 3. The number of rotatable bonds is 13. The van der Waals surface area contributed by atoms with Crippen molar-refractivity contribution < 1.29 is 45.0 Å². The van der Waals surface area contributed by atoms with Gasteiger partial charge in [0.05, 0.1) is 19.0 Å². The van der Waals surface area contributed by atoms with Gasteiger partial charge in [-0.05, 0) is 62.9 Å². The Morgan fingerprint density at radius 3 is 2.52 bits per heavy atom. The van der Waals surface area contributed by atoms with E-state index in [-0.39, 0.29) is 43.7 Å². The largest absolute Gasteiger partial charge is 0.573 e. The average Bonchev–Trinajstić information content (AvgIpc) is 3.41. The van der Waals surface area contributed by atoms with Gasteiger partial charge in [0.25, 0.3) is 0 Å². The van der Waals surface area contributed by atoms with E-state index in [2.05, 4.69) is 36.0 Å². The van der Waals surface area contributed by atoms with Crippen LogP contribution in [0.25, 0.3) is 0 Å². The molecule has 254 valence electrons. The maximum Gasteiger partial charge on any atom is 0.573 e. The van der Waals surface area contributed by atoms with E-state index in [0.717, 1.165) is 38.3 Å². The third-order valence-corrected chi connectivity index (χ3v) is 9.17. The van der Waals surface area contributed by atoms with Crippen LogP contribution in [0.2, 0.25) is 0 Å². The van der Waals surface area contributed by atoms with Crippen LogP contribution >= 0.6 is 15.9 Å². The molecule has 16 heteroatoms. The summed E-state index contributed by atoms with van der Waals surface area (Å²) in [6, 6.07) is 7.52. The Morgan fingerprint density at radius 1 is 1.13 bits per heavy atom. The first-order valence-corrected chi connectivity index (χ1v) is 17.5. The third kappa shape index (κ3) is 10.9. The molecule has 2 amide bonds. The molecule has 0 aliphatic carbocycles. The molecule has 2 aromatic carbocycles. The number of hydrogen-bond acceptors (Lipinski definition) is 7. The number of hydrogen-bond donors (Lipinski definition) is 3. The van der Waals surface area contributed by atoms with Crippen molar-refractivity contribution in [1.29, 1.82) is 0 Å². The van der Waals surface area contributed by atoms with Gasteiger partial charge in [0.15, 0.2) is 0 Å². The highest BCUT2D eigenvalue weighted by Gasteiger charge is 2.43. The first-order chi connectivity index (χ1) is 21.7. The maximum atomic E-state index is 14.4. The van der Waals surface area contributed by atoms with E-state index >= 15 is 0 Å². The number of likely N-dealkylation sites (tertiary alicyclic amines) is 1. The fourth-order valence-corrected chi connectivity index (χ4v) is 6.76. The van der Waals surface area contributed by atoms with Gasteiger partial charge in [0, 0.05) is 35.1 Å². The fourth-order valence-electron chi connectivity index (χ4n) is 5.70. The SMILES string of the molecule is CS(=O)(=O)N[C@H](CCC1CCNCC1)C(=O)N1C[C@H](OCc2ccc(Br)cc2F)C[C@@H]1C(=O)NCc1ccccc1OC(F)(F)F. The van der Waals surface area contributed by atoms with Crippen molar-refractivity contribution in [3.8, 4) is 5.75 Å². The van der Waals surface area contributed by atoms with Crippen LogP contribution in [0.1, 0.15) is 43.2 Å². The van der Waals surface area contributed by atoms with Crippen molar-refractivity contribution in [2.75, 3.05) is 25.9 Å². The van der Waals surface area contributed by atoms with E-state index in [0.29, 0.717) is 16.8 Å². The molecule has 3 N–H and O–H groups in total. The summed E-state index contributed by atoms with van der Waals surface area (Å²) >= 11 is 3.20. The zero-order valence-electron chi connectivity index (χ0n) is 25.1. The number of nitrogens with zero attached hydrogens (tertiary/aromatic N) is 1. The van der Waals surface area contributed by atoms with Gasteiger partial charge in [-0.1, -0.05) is 40.2 Å². The molecular formula is C30H37BrF4N4O6S. The van der Waals surface area contributed by atoms with Gasteiger partial charge in [-0.3, -0.25) is 9.59 Å². The zero-order valence-corrected chi connectivity index (χ0v) is 27.5. The molecule has 2 saturated heterocycles.